The van der Waals surface area contributed by atoms with Crippen LogP contribution in [0.25, 0.3) is 0 Å². The van der Waals surface area contributed by atoms with Gasteiger partial charge in [0.15, 0.2) is 0 Å². The van der Waals surface area contributed by atoms with Crippen LogP contribution in [0.1, 0.15) is 39.3 Å². The number of hydrogen-bond acceptors (Lipinski definition) is 7. The van der Waals surface area contributed by atoms with Gasteiger partial charge in [-0.1, -0.05) is 67.7 Å². The van der Waals surface area contributed by atoms with Gasteiger partial charge in [-0.3, -0.25) is 14.5 Å². The fourth-order valence-electron chi connectivity index (χ4n) is 2.64. The molecule has 0 aliphatic carbocycles. The molecule has 0 aromatic heterocycles. The van der Waals surface area contributed by atoms with Crippen molar-refractivity contribution < 1.29 is 28.6 Å². The van der Waals surface area contributed by atoms with Gasteiger partial charge in [-0.15, -0.1) is 0 Å². The molecule has 0 aliphatic heterocycles. The number of nitrogens with one attached hydrogen (secondary N) is 1. The van der Waals surface area contributed by atoms with Crippen molar-refractivity contribution in [2.24, 2.45) is 0 Å². The summed E-state index contributed by atoms with van der Waals surface area (Å²) in [6.07, 6.45) is -0.840. The topological polar surface area (TPSA) is 94.2 Å². The lowest BCUT2D eigenvalue weighted by atomic mass is 10.1. The molecule has 1 atom stereocenters. The van der Waals surface area contributed by atoms with E-state index in [1.54, 1.807) is 50.1 Å². The zero-order chi connectivity index (χ0) is 25.9. The summed E-state index contributed by atoms with van der Waals surface area (Å²) in [5.74, 6) is -0.0676. The number of thioether (sulfide) groups is 1. The SMILES string of the molecule is CCOC(=O)CNC(=O)CN(C(=O)OCC(Cl)(Cl)Cl)C(CSC(C)(C)C)c1ccc(OC)cc1. The number of halogens is 3. The summed E-state index contributed by atoms with van der Waals surface area (Å²) in [6, 6.07) is 6.56. The van der Waals surface area contributed by atoms with Gasteiger partial charge in [0, 0.05) is 10.5 Å². The number of carbonyl (C=O) groups excluding carboxylic acids is 3. The van der Waals surface area contributed by atoms with Gasteiger partial charge in [0.05, 0.1) is 19.8 Å². The summed E-state index contributed by atoms with van der Waals surface area (Å²) in [6.45, 7) is 6.76. The molecule has 0 bridgehead atoms. The Bertz CT molecular complexity index is 812. The first-order valence-corrected chi connectivity index (χ1v) is 12.6. The van der Waals surface area contributed by atoms with Crippen LogP contribution in [0.15, 0.2) is 24.3 Å². The predicted octanol–water partition coefficient (Wildman–Crippen LogP) is 4.76. The molecule has 2 amide bonds. The lowest BCUT2D eigenvalue weighted by Gasteiger charge is -2.33. The molecular weight excluding hydrogens is 527 g/mol. The zero-order valence-corrected chi connectivity index (χ0v) is 22.9. The average Bonchev–Trinajstić information content (AvgIpc) is 2.74. The summed E-state index contributed by atoms with van der Waals surface area (Å²) in [4.78, 5) is 38.5. The molecule has 0 fully saturated rings. The van der Waals surface area contributed by atoms with E-state index >= 15 is 0 Å². The molecule has 0 aliphatic rings. The monoisotopic (exact) mass is 556 g/mol. The van der Waals surface area contributed by atoms with Crippen molar-refractivity contribution in [1.29, 1.82) is 0 Å². The van der Waals surface area contributed by atoms with Gasteiger partial charge < -0.3 is 19.5 Å². The van der Waals surface area contributed by atoms with E-state index in [4.69, 9.17) is 49.0 Å². The second-order valence-corrected chi connectivity index (χ2v) is 12.5. The van der Waals surface area contributed by atoms with Crippen molar-refractivity contribution >= 4 is 64.5 Å². The highest BCUT2D eigenvalue weighted by Crippen LogP contribution is 2.33. The molecule has 12 heteroatoms. The first kappa shape index (κ1) is 30.5. The van der Waals surface area contributed by atoms with E-state index < -0.39 is 34.4 Å². The Hall–Kier alpha value is -1.55. The molecule has 1 N–H and O–H groups in total. The van der Waals surface area contributed by atoms with Crippen LogP contribution in [0.4, 0.5) is 4.79 Å². The molecule has 192 valence electrons. The maximum atomic E-state index is 13.1. The molecule has 0 heterocycles. The number of nitrogens with zero attached hydrogens (tertiary/aromatic N) is 1. The number of methoxy groups -OCH3 is 1. The molecule has 1 aromatic rings. The fraction of sp³-hybridized carbons (Fsp3) is 0.591. The number of hydrogen-bond donors (Lipinski definition) is 1. The van der Waals surface area contributed by atoms with Crippen molar-refractivity contribution in [2.45, 2.75) is 42.3 Å². The summed E-state index contributed by atoms with van der Waals surface area (Å²) < 4.78 is 13.3. The second-order valence-electron chi connectivity index (χ2n) is 8.09. The number of ether oxygens (including phenoxy) is 3. The number of rotatable bonds is 11. The third-order valence-corrected chi connectivity index (χ3v) is 5.87. The van der Waals surface area contributed by atoms with Crippen molar-refractivity contribution in [2.75, 3.05) is 39.2 Å². The van der Waals surface area contributed by atoms with E-state index in [2.05, 4.69) is 5.32 Å². The third-order valence-electron chi connectivity index (χ3n) is 4.19. The first-order chi connectivity index (χ1) is 15.8. The van der Waals surface area contributed by atoms with Crippen LogP contribution in [-0.2, 0) is 19.1 Å². The molecule has 34 heavy (non-hydrogen) atoms. The highest BCUT2D eigenvalue weighted by Gasteiger charge is 2.32. The van der Waals surface area contributed by atoms with Crippen LogP contribution >= 0.6 is 46.6 Å². The van der Waals surface area contributed by atoms with Crippen molar-refractivity contribution in [3.8, 4) is 5.75 Å². The molecule has 8 nitrogen and oxygen atoms in total. The average molecular weight is 558 g/mol. The van der Waals surface area contributed by atoms with Gasteiger partial charge in [-0.05, 0) is 24.6 Å². The summed E-state index contributed by atoms with van der Waals surface area (Å²) in [5, 5.41) is 2.45. The Balaban J connectivity index is 3.22. The maximum Gasteiger partial charge on any atom is 0.410 e. The molecule has 0 spiro atoms. The van der Waals surface area contributed by atoms with E-state index in [-0.39, 0.29) is 24.4 Å². The Morgan fingerprint density at radius 2 is 1.71 bits per heavy atom. The summed E-state index contributed by atoms with van der Waals surface area (Å²) >= 11 is 18.8. The third kappa shape index (κ3) is 12.2. The highest BCUT2D eigenvalue weighted by molar-refractivity contribution is 8.00. The number of alkyl halides is 3. The quantitative estimate of drug-likeness (QED) is 0.310. The van der Waals surface area contributed by atoms with Crippen LogP contribution in [-0.4, -0.2) is 70.6 Å². The minimum Gasteiger partial charge on any atom is -0.497 e. The van der Waals surface area contributed by atoms with E-state index in [1.165, 1.54) is 4.90 Å². The second kappa shape index (κ2) is 14.1. The minimum atomic E-state index is -1.82. The molecule has 1 aromatic carbocycles. The number of carbonyl (C=O) groups is 3. The lowest BCUT2D eigenvalue weighted by molar-refractivity contribution is -0.143. The molecule has 1 unspecified atom stereocenters. The Morgan fingerprint density at radius 1 is 1.09 bits per heavy atom. The van der Waals surface area contributed by atoms with Crippen LogP contribution < -0.4 is 10.1 Å². The number of esters is 1. The zero-order valence-electron chi connectivity index (χ0n) is 19.9. The maximum absolute atomic E-state index is 13.1. The van der Waals surface area contributed by atoms with Gasteiger partial charge in [0.2, 0.25) is 9.70 Å². The number of amides is 2. The van der Waals surface area contributed by atoms with Gasteiger partial charge in [0.1, 0.15) is 25.4 Å². The van der Waals surface area contributed by atoms with Crippen molar-refractivity contribution in [3.05, 3.63) is 29.8 Å². The Labute approximate surface area is 219 Å². The largest absolute Gasteiger partial charge is 0.497 e. The van der Waals surface area contributed by atoms with Crippen molar-refractivity contribution in [3.63, 3.8) is 0 Å². The molecule has 0 radical (unpaired) electrons. The standard InChI is InChI=1S/C22H31Cl3N2O6S/c1-6-32-19(29)11-26-18(28)12-27(20(30)33-14-22(23,24)25)17(13-34-21(2,3)4)15-7-9-16(31-5)10-8-15/h7-10,17H,6,11-14H2,1-5H3,(H,26,28). The molecule has 0 saturated carbocycles. The van der Waals surface area contributed by atoms with E-state index in [9.17, 15) is 14.4 Å². The van der Waals surface area contributed by atoms with Gasteiger partial charge in [0.25, 0.3) is 0 Å². The summed E-state index contributed by atoms with van der Waals surface area (Å²) in [7, 11) is 1.55. The van der Waals surface area contributed by atoms with Gasteiger partial charge in [-0.2, -0.15) is 11.8 Å². The molecule has 0 saturated heterocycles. The first-order valence-electron chi connectivity index (χ1n) is 10.5. The van der Waals surface area contributed by atoms with Crippen molar-refractivity contribution in [1.82, 2.24) is 10.2 Å². The summed E-state index contributed by atoms with van der Waals surface area (Å²) in [5.41, 5.74) is 0.751. The molecular formula is C22H31Cl3N2O6S. The molecule has 1 rings (SSSR count). The fourth-order valence-corrected chi connectivity index (χ4v) is 3.84. The van der Waals surface area contributed by atoms with Gasteiger partial charge >= 0.3 is 12.1 Å². The number of benzene rings is 1. The normalized spacial score (nSPS) is 12.5. The van der Waals surface area contributed by atoms with Crippen LogP contribution in [0.5, 0.6) is 5.75 Å². The van der Waals surface area contributed by atoms with Crippen LogP contribution in [0.3, 0.4) is 0 Å². The smallest absolute Gasteiger partial charge is 0.410 e. The van der Waals surface area contributed by atoms with E-state index in [0.29, 0.717) is 11.5 Å². The van der Waals surface area contributed by atoms with E-state index in [0.717, 1.165) is 5.56 Å². The van der Waals surface area contributed by atoms with Crippen LogP contribution in [0.2, 0.25) is 0 Å². The van der Waals surface area contributed by atoms with E-state index in [1.807, 2.05) is 20.8 Å². The van der Waals surface area contributed by atoms with Crippen LogP contribution in [0, 0.1) is 0 Å². The Morgan fingerprint density at radius 3 is 2.21 bits per heavy atom. The van der Waals surface area contributed by atoms with Gasteiger partial charge in [-0.25, -0.2) is 4.79 Å². The predicted molar refractivity (Wildman–Crippen MR) is 136 cm³/mol. The highest BCUT2D eigenvalue weighted by atomic mass is 35.6. The minimum absolute atomic E-state index is 0.121. The Kier molecular flexibility index (Phi) is 12.7. The lowest BCUT2D eigenvalue weighted by Crippen LogP contribution is -2.45.